The highest BCUT2D eigenvalue weighted by Crippen LogP contribution is 2.02. The second-order valence-corrected chi connectivity index (χ2v) is 3.01. The molecule has 0 radical (unpaired) electrons. The van der Waals surface area contributed by atoms with Crippen LogP contribution in [0.5, 0.6) is 0 Å². The molecule has 2 N–H and O–H groups in total. The number of aryl methyl sites for hydroxylation is 2. The molecule has 0 aromatic carbocycles. The van der Waals surface area contributed by atoms with E-state index in [1.54, 1.807) is 12.7 Å². The Labute approximate surface area is 76.4 Å². The molecule has 0 fully saturated rings. The molecule has 4 nitrogen and oxygen atoms in total. The van der Waals surface area contributed by atoms with Gasteiger partial charge >= 0.3 is 0 Å². The second-order valence-electron chi connectivity index (χ2n) is 3.01. The van der Waals surface area contributed by atoms with Crippen molar-refractivity contribution in [2.75, 3.05) is 0 Å². The van der Waals surface area contributed by atoms with Crippen molar-refractivity contribution in [3.05, 3.63) is 36.4 Å². The molecule has 2 heterocycles. The van der Waals surface area contributed by atoms with Gasteiger partial charge in [0.25, 0.3) is 0 Å². The van der Waals surface area contributed by atoms with Crippen LogP contribution in [0, 0.1) is 0 Å². The number of rotatable bonds is 4. The maximum absolute atomic E-state index is 3.96. The molecule has 68 valence electrons. The summed E-state index contributed by atoms with van der Waals surface area (Å²) in [6, 6.07) is 0. The Bertz CT molecular complexity index is 288. The summed E-state index contributed by atoms with van der Waals surface area (Å²) in [7, 11) is 0. The molecule has 0 saturated carbocycles. The van der Waals surface area contributed by atoms with Crippen LogP contribution in [0.3, 0.4) is 0 Å². The minimum absolute atomic E-state index is 1.04. The smallest absolute Gasteiger partial charge is 0.0921 e. The van der Waals surface area contributed by atoms with E-state index in [0.29, 0.717) is 0 Å². The number of aromatic amines is 2. The average molecular weight is 176 g/mol. The number of H-pyrrole nitrogens is 2. The van der Waals surface area contributed by atoms with Crippen LogP contribution in [0.15, 0.2) is 25.0 Å². The summed E-state index contributed by atoms with van der Waals surface area (Å²) in [5.41, 5.74) is 2.39. The van der Waals surface area contributed by atoms with Crippen LogP contribution in [0.1, 0.15) is 17.8 Å². The summed E-state index contributed by atoms with van der Waals surface area (Å²) in [6.07, 6.45) is 10.4. The fourth-order valence-electron chi connectivity index (χ4n) is 1.31. The van der Waals surface area contributed by atoms with Gasteiger partial charge in [0.1, 0.15) is 0 Å². The van der Waals surface area contributed by atoms with E-state index in [4.69, 9.17) is 0 Å². The quantitative estimate of drug-likeness (QED) is 0.737. The predicted molar refractivity (Wildman–Crippen MR) is 49.2 cm³/mol. The van der Waals surface area contributed by atoms with Gasteiger partial charge in [0.05, 0.1) is 12.7 Å². The lowest BCUT2D eigenvalue weighted by molar-refractivity contribution is 0.789. The molecule has 4 heteroatoms. The van der Waals surface area contributed by atoms with Crippen LogP contribution in [-0.4, -0.2) is 19.9 Å². The first-order valence-electron chi connectivity index (χ1n) is 4.39. The van der Waals surface area contributed by atoms with Crippen LogP contribution < -0.4 is 0 Å². The van der Waals surface area contributed by atoms with Crippen molar-refractivity contribution < 1.29 is 0 Å². The molecule has 0 aliphatic rings. The SMILES string of the molecule is c1ncc(CCCc2cnc[nH]2)[nH]1. The zero-order valence-electron chi connectivity index (χ0n) is 7.33. The van der Waals surface area contributed by atoms with E-state index in [1.165, 1.54) is 11.4 Å². The lowest BCUT2D eigenvalue weighted by Crippen LogP contribution is -1.89. The fraction of sp³-hybridized carbons (Fsp3) is 0.333. The summed E-state index contributed by atoms with van der Waals surface area (Å²) >= 11 is 0. The topological polar surface area (TPSA) is 57.4 Å². The van der Waals surface area contributed by atoms with Gasteiger partial charge in [-0.25, -0.2) is 9.97 Å². The lowest BCUT2D eigenvalue weighted by atomic mass is 10.2. The number of nitrogens with zero attached hydrogens (tertiary/aromatic N) is 2. The van der Waals surface area contributed by atoms with Crippen molar-refractivity contribution in [2.24, 2.45) is 0 Å². The Hall–Kier alpha value is -1.58. The molecule has 0 unspecified atom stereocenters. The second kappa shape index (κ2) is 3.89. The van der Waals surface area contributed by atoms with E-state index in [2.05, 4.69) is 19.9 Å². The monoisotopic (exact) mass is 176 g/mol. The van der Waals surface area contributed by atoms with E-state index in [-0.39, 0.29) is 0 Å². The highest BCUT2D eigenvalue weighted by atomic mass is 14.9. The zero-order chi connectivity index (χ0) is 8.93. The van der Waals surface area contributed by atoms with Crippen molar-refractivity contribution in [3.8, 4) is 0 Å². The van der Waals surface area contributed by atoms with Crippen LogP contribution in [0.2, 0.25) is 0 Å². The molecular weight excluding hydrogens is 164 g/mol. The summed E-state index contributed by atoms with van der Waals surface area (Å²) in [5, 5.41) is 0. The van der Waals surface area contributed by atoms with Gasteiger partial charge in [-0.15, -0.1) is 0 Å². The largest absolute Gasteiger partial charge is 0.348 e. The Morgan fingerprint density at radius 2 is 1.46 bits per heavy atom. The lowest BCUT2D eigenvalue weighted by Gasteiger charge is -1.95. The highest BCUT2D eigenvalue weighted by Gasteiger charge is 1.96. The zero-order valence-corrected chi connectivity index (χ0v) is 7.33. The number of aromatic nitrogens is 4. The maximum atomic E-state index is 3.96. The predicted octanol–water partition coefficient (Wildman–Crippen LogP) is 1.31. The van der Waals surface area contributed by atoms with Gasteiger partial charge in [0, 0.05) is 23.8 Å². The summed E-state index contributed by atoms with van der Waals surface area (Å²) < 4.78 is 0. The number of imidazole rings is 2. The molecule has 0 bridgehead atoms. The van der Waals surface area contributed by atoms with Crippen molar-refractivity contribution in [1.29, 1.82) is 0 Å². The Kier molecular flexibility index (Phi) is 2.40. The van der Waals surface area contributed by atoms with Crippen LogP contribution in [0.25, 0.3) is 0 Å². The van der Waals surface area contributed by atoms with Crippen molar-refractivity contribution in [2.45, 2.75) is 19.3 Å². The van der Waals surface area contributed by atoms with Crippen molar-refractivity contribution >= 4 is 0 Å². The van der Waals surface area contributed by atoms with Crippen LogP contribution >= 0.6 is 0 Å². The van der Waals surface area contributed by atoms with E-state index < -0.39 is 0 Å². The van der Waals surface area contributed by atoms with Gasteiger partial charge < -0.3 is 9.97 Å². The molecule has 2 aromatic rings. The molecule has 0 aliphatic carbocycles. The molecule has 2 rings (SSSR count). The first-order valence-corrected chi connectivity index (χ1v) is 4.39. The van der Waals surface area contributed by atoms with Gasteiger partial charge in [0.15, 0.2) is 0 Å². The molecule has 2 aromatic heterocycles. The first kappa shape index (κ1) is 8.04. The van der Waals surface area contributed by atoms with Crippen LogP contribution in [-0.2, 0) is 12.8 Å². The third kappa shape index (κ3) is 2.18. The Morgan fingerprint density at radius 3 is 1.85 bits per heavy atom. The molecule has 0 amide bonds. The van der Waals surface area contributed by atoms with Crippen molar-refractivity contribution in [1.82, 2.24) is 19.9 Å². The minimum atomic E-state index is 1.04. The fourth-order valence-corrected chi connectivity index (χ4v) is 1.31. The summed E-state index contributed by atoms with van der Waals surface area (Å²) in [6.45, 7) is 0. The van der Waals surface area contributed by atoms with E-state index in [0.717, 1.165) is 19.3 Å². The third-order valence-corrected chi connectivity index (χ3v) is 2.00. The van der Waals surface area contributed by atoms with Gasteiger partial charge in [-0.05, 0) is 19.3 Å². The maximum Gasteiger partial charge on any atom is 0.0921 e. The minimum Gasteiger partial charge on any atom is -0.348 e. The molecule has 13 heavy (non-hydrogen) atoms. The highest BCUT2D eigenvalue weighted by molar-refractivity contribution is 4.98. The Balaban J connectivity index is 1.76. The molecule has 0 atom stereocenters. The average Bonchev–Trinajstić information content (AvgIpc) is 2.75. The van der Waals surface area contributed by atoms with Gasteiger partial charge in [0.2, 0.25) is 0 Å². The standard InChI is InChI=1S/C9H12N4/c1(2-8-4-10-6-12-8)3-9-5-11-7-13-9/h4-7H,1-3H2,(H,10,12)(H,11,13). The molecule has 0 spiro atoms. The van der Waals surface area contributed by atoms with Gasteiger partial charge in [-0.2, -0.15) is 0 Å². The third-order valence-electron chi connectivity index (χ3n) is 2.00. The van der Waals surface area contributed by atoms with Crippen LogP contribution in [0.4, 0.5) is 0 Å². The summed E-state index contributed by atoms with van der Waals surface area (Å²) in [5.74, 6) is 0. The number of hydrogen-bond donors (Lipinski definition) is 2. The number of hydrogen-bond acceptors (Lipinski definition) is 2. The van der Waals surface area contributed by atoms with Gasteiger partial charge in [-0.3, -0.25) is 0 Å². The van der Waals surface area contributed by atoms with Crippen molar-refractivity contribution in [3.63, 3.8) is 0 Å². The normalized spacial score (nSPS) is 10.5. The number of nitrogens with one attached hydrogen (secondary N) is 2. The van der Waals surface area contributed by atoms with E-state index in [1.807, 2.05) is 12.4 Å². The summed E-state index contributed by atoms with van der Waals surface area (Å²) in [4.78, 5) is 14.1. The molecule has 0 aliphatic heterocycles. The Morgan fingerprint density at radius 1 is 0.923 bits per heavy atom. The van der Waals surface area contributed by atoms with E-state index >= 15 is 0 Å². The molecule has 0 saturated heterocycles. The first-order chi connectivity index (χ1) is 6.45. The van der Waals surface area contributed by atoms with Gasteiger partial charge in [-0.1, -0.05) is 0 Å². The molecular formula is C9H12N4. The van der Waals surface area contributed by atoms with E-state index in [9.17, 15) is 0 Å².